The third-order valence-corrected chi connectivity index (χ3v) is 4.47. The van der Waals surface area contributed by atoms with E-state index in [2.05, 4.69) is 10.1 Å². The molecular formula is C20H20F3N3O4. The monoisotopic (exact) mass is 423 g/mol. The van der Waals surface area contributed by atoms with E-state index in [4.69, 9.17) is 10.5 Å². The SMILES string of the molecule is NC(=O)Nc1ccc(C(=O)N2CCC(Oc3cccc(OC(F)(F)F)c3)CC2)cc1. The van der Waals surface area contributed by atoms with Crippen LogP contribution in [0.4, 0.5) is 23.7 Å². The highest BCUT2D eigenvalue weighted by atomic mass is 19.4. The lowest BCUT2D eigenvalue weighted by Crippen LogP contribution is -2.41. The minimum absolute atomic E-state index is 0.153. The maximum Gasteiger partial charge on any atom is 0.573 e. The van der Waals surface area contributed by atoms with Crippen molar-refractivity contribution in [1.29, 1.82) is 0 Å². The minimum atomic E-state index is -4.77. The number of primary amides is 1. The molecule has 2 aromatic rings. The number of hydrogen-bond donors (Lipinski definition) is 2. The summed E-state index contributed by atoms with van der Waals surface area (Å²) in [5.74, 6) is -0.222. The van der Waals surface area contributed by atoms with Crippen molar-refractivity contribution in [3.8, 4) is 11.5 Å². The molecule has 3 amide bonds. The Labute approximate surface area is 170 Å². The summed E-state index contributed by atoms with van der Waals surface area (Å²) in [4.78, 5) is 25.1. The fourth-order valence-electron chi connectivity index (χ4n) is 3.13. The van der Waals surface area contributed by atoms with E-state index in [0.29, 0.717) is 37.2 Å². The summed E-state index contributed by atoms with van der Waals surface area (Å²) in [6, 6.07) is 11.1. The van der Waals surface area contributed by atoms with Gasteiger partial charge in [0.15, 0.2) is 0 Å². The molecule has 2 aromatic carbocycles. The Bertz CT molecular complexity index is 895. The van der Waals surface area contributed by atoms with Gasteiger partial charge in [-0.3, -0.25) is 4.79 Å². The van der Waals surface area contributed by atoms with Gasteiger partial charge in [0.25, 0.3) is 5.91 Å². The molecule has 30 heavy (non-hydrogen) atoms. The first-order valence-corrected chi connectivity index (χ1v) is 9.18. The van der Waals surface area contributed by atoms with E-state index < -0.39 is 12.4 Å². The number of urea groups is 1. The van der Waals surface area contributed by atoms with Gasteiger partial charge in [0.05, 0.1) is 0 Å². The first kappa shape index (κ1) is 21.3. The van der Waals surface area contributed by atoms with Crippen molar-refractivity contribution in [3.05, 3.63) is 54.1 Å². The van der Waals surface area contributed by atoms with Gasteiger partial charge in [0.2, 0.25) is 0 Å². The van der Waals surface area contributed by atoms with Crippen LogP contribution in [0.1, 0.15) is 23.2 Å². The maximum absolute atomic E-state index is 12.6. The first-order valence-electron chi connectivity index (χ1n) is 9.18. The highest BCUT2D eigenvalue weighted by Gasteiger charge is 2.31. The number of nitrogens with two attached hydrogens (primary N) is 1. The molecule has 0 radical (unpaired) electrons. The normalized spacial score (nSPS) is 14.8. The maximum atomic E-state index is 12.6. The molecule has 0 bridgehead atoms. The summed E-state index contributed by atoms with van der Waals surface area (Å²) in [6.07, 6.45) is -3.91. The number of rotatable bonds is 5. The molecule has 1 heterocycles. The van der Waals surface area contributed by atoms with Gasteiger partial charge in [-0.05, 0) is 36.4 Å². The topological polar surface area (TPSA) is 93.9 Å². The Morgan fingerprint density at radius 1 is 1.03 bits per heavy atom. The first-order chi connectivity index (χ1) is 14.2. The number of benzene rings is 2. The number of nitrogens with one attached hydrogen (secondary N) is 1. The summed E-state index contributed by atoms with van der Waals surface area (Å²) in [5, 5.41) is 2.42. The smallest absolute Gasteiger partial charge is 0.490 e. The summed E-state index contributed by atoms with van der Waals surface area (Å²) in [6.45, 7) is 0.896. The second kappa shape index (κ2) is 8.93. The summed E-state index contributed by atoms with van der Waals surface area (Å²) >= 11 is 0. The van der Waals surface area contributed by atoms with Crippen molar-refractivity contribution in [2.45, 2.75) is 25.3 Å². The van der Waals surface area contributed by atoms with Crippen LogP contribution in [-0.4, -0.2) is 42.4 Å². The van der Waals surface area contributed by atoms with E-state index >= 15 is 0 Å². The lowest BCUT2D eigenvalue weighted by atomic mass is 10.1. The number of carbonyl (C=O) groups is 2. The summed E-state index contributed by atoms with van der Waals surface area (Å²) in [7, 11) is 0. The van der Waals surface area contributed by atoms with Crippen LogP contribution in [0, 0.1) is 0 Å². The van der Waals surface area contributed by atoms with Crippen molar-refractivity contribution in [1.82, 2.24) is 4.90 Å². The average molecular weight is 423 g/mol. The Balaban J connectivity index is 1.53. The standard InChI is InChI=1S/C20H20F3N3O4/c21-20(22,23)30-17-3-1-2-16(12-17)29-15-8-10-26(11-9-15)18(27)13-4-6-14(7-5-13)25-19(24)28/h1-7,12,15H,8-11H2,(H3,24,25,28). The lowest BCUT2D eigenvalue weighted by Gasteiger charge is -2.32. The molecule has 0 atom stereocenters. The molecule has 1 aliphatic rings. The van der Waals surface area contributed by atoms with Gasteiger partial charge in [-0.2, -0.15) is 0 Å². The van der Waals surface area contributed by atoms with Gasteiger partial charge in [0.1, 0.15) is 17.6 Å². The van der Waals surface area contributed by atoms with Crippen molar-refractivity contribution < 1.29 is 32.2 Å². The molecule has 7 nitrogen and oxygen atoms in total. The van der Waals surface area contributed by atoms with Gasteiger partial charge in [-0.1, -0.05) is 6.07 Å². The number of alkyl halides is 3. The van der Waals surface area contributed by atoms with Crippen molar-refractivity contribution >= 4 is 17.6 Å². The number of halogens is 3. The molecule has 1 aliphatic heterocycles. The van der Waals surface area contributed by atoms with Crippen LogP contribution < -0.4 is 20.5 Å². The average Bonchev–Trinajstić information content (AvgIpc) is 2.67. The predicted octanol–water partition coefficient (Wildman–Crippen LogP) is 3.76. The van der Waals surface area contributed by atoms with Crippen LogP contribution in [0.15, 0.2) is 48.5 Å². The van der Waals surface area contributed by atoms with Gasteiger partial charge >= 0.3 is 12.4 Å². The number of nitrogens with zero attached hydrogens (tertiary/aromatic N) is 1. The zero-order valence-corrected chi connectivity index (χ0v) is 15.8. The third-order valence-electron chi connectivity index (χ3n) is 4.47. The summed E-state index contributed by atoms with van der Waals surface area (Å²) < 4.78 is 46.7. The molecule has 0 aliphatic carbocycles. The van der Waals surface area contributed by atoms with E-state index in [1.165, 1.54) is 18.2 Å². The molecule has 0 aromatic heterocycles. The number of ether oxygens (including phenoxy) is 2. The van der Waals surface area contributed by atoms with Gasteiger partial charge in [-0.25, -0.2) is 4.79 Å². The molecule has 1 fully saturated rings. The van der Waals surface area contributed by atoms with Crippen LogP contribution in [0.3, 0.4) is 0 Å². The third kappa shape index (κ3) is 6.03. The largest absolute Gasteiger partial charge is 0.573 e. The van der Waals surface area contributed by atoms with Crippen molar-refractivity contribution in [2.75, 3.05) is 18.4 Å². The fraction of sp³-hybridized carbons (Fsp3) is 0.300. The number of anilines is 1. The zero-order valence-electron chi connectivity index (χ0n) is 15.8. The van der Waals surface area contributed by atoms with E-state index in [9.17, 15) is 22.8 Å². The van der Waals surface area contributed by atoms with E-state index in [-0.39, 0.29) is 23.5 Å². The van der Waals surface area contributed by atoms with Crippen LogP contribution >= 0.6 is 0 Å². The quantitative estimate of drug-likeness (QED) is 0.766. The van der Waals surface area contributed by atoms with Crippen LogP contribution in [0.25, 0.3) is 0 Å². The molecule has 0 unspecified atom stereocenters. The van der Waals surface area contributed by atoms with E-state index in [0.717, 1.165) is 0 Å². The highest BCUT2D eigenvalue weighted by molar-refractivity contribution is 5.95. The second-order valence-electron chi connectivity index (χ2n) is 6.70. The lowest BCUT2D eigenvalue weighted by molar-refractivity contribution is -0.274. The fourth-order valence-corrected chi connectivity index (χ4v) is 3.13. The second-order valence-corrected chi connectivity index (χ2v) is 6.70. The molecule has 3 rings (SSSR count). The Morgan fingerprint density at radius 2 is 1.67 bits per heavy atom. The van der Waals surface area contributed by atoms with Gasteiger partial charge in [-0.15, -0.1) is 13.2 Å². The molecule has 160 valence electrons. The molecular weight excluding hydrogens is 403 g/mol. The highest BCUT2D eigenvalue weighted by Crippen LogP contribution is 2.28. The van der Waals surface area contributed by atoms with Gasteiger partial charge < -0.3 is 25.4 Å². The van der Waals surface area contributed by atoms with E-state index in [1.807, 2.05) is 0 Å². The van der Waals surface area contributed by atoms with Crippen LogP contribution in [-0.2, 0) is 0 Å². The van der Waals surface area contributed by atoms with Crippen molar-refractivity contribution in [2.24, 2.45) is 5.73 Å². The molecule has 3 N–H and O–H groups in total. The van der Waals surface area contributed by atoms with E-state index in [1.54, 1.807) is 35.2 Å². The van der Waals surface area contributed by atoms with Crippen molar-refractivity contribution in [3.63, 3.8) is 0 Å². The number of piperidine rings is 1. The van der Waals surface area contributed by atoms with Gasteiger partial charge in [0, 0.05) is 43.2 Å². The number of likely N-dealkylation sites (tertiary alicyclic amines) is 1. The summed E-state index contributed by atoms with van der Waals surface area (Å²) in [5.41, 5.74) is 6.01. The number of hydrogen-bond acceptors (Lipinski definition) is 4. The minimum Gasteiger partial charge on any atom is -0.490 e. The molecule has 10 heteroatoms. The molecule has 0 spiro atoms. The Kier molecular flexibility index (Phi) is 6.34. The number of amides is 3. The van der Waals surface area contributed by atoms with Crippen LogP contribution in [0.2, 0.25) is 0 Å². The number of carbonyl (C=O) groups excluding carboxylic acids is 2. The van der Waals surface area contributed by atoms with Crippen LogP contribution in [0.5, 0.6) is 11.5 Å². The Hall–Kier alpha value is -3.43. The molecule has 1 saturated heterocycles. The predicted molar refractivity (Wildman–Crippen MR) is 102 cm³/mol. The molecule has 0 saturated carbocycles. The Morgan fingerprint density at radius 3 is 2.27 bits per heavy atom. The zero-order chi connectivity index (χ0) is 21.7.